The Morgan fingerprint density at radius 3 is 2.22 bits per heavy atom. The van der Waals surface area contributed by atoms with Gasteiger partial charge in [0.1, 0.15) is 5.75 Å². The number of carbonyl (C=O) groups excluding carboxylic acids is 1. The molecule has 2 amide bonds. The summed E-state index contributed by atoms with van der Waals surface area (Å²) in [7, 11) is 4.81. The number of hydrogen-bond donors (Lipinski definition) is 2. The number of amides is 2. The molecule has 0 radical (unpaired) electrons. The summed E-state index contributed by atoms with van der Waals surface area (Å²) in [6, 6.07) is 3.20. The van der Waals surface area contributed by atoms with Crippen molar-refractivity contribution in [3.05, 3.63) is 17.7 Å². The minimum atomic E-state index is -0.523. The topological polar surface area (TPSA) is 82.8 Å². The molecule has 23 heavy (non-hydrogen) atoms. The number of nitrogens with one attached hydrogen (secondary N) is 1. The van der Waals surface area contributed by atoms with Gasteiger partial charge in [0.05, 0.1) is 21.3 Å². The average molecular weight is 324 g/mol. The van der Waals surface area contributed by atoms with Crippen molar-refractivity contribution in [2.24, 2.45) is 5.73 Å². The van der Waals surface area contributed by atoms with E-state index in [1.165, 1.54) is 0 Å². The van der Waals surface area contributed by atoms with Crippen LogP contribution in [0.2, 0.25) is 0 Å². The standard InChI is InChI=1S/C17H28N2O4/c1-5-6-7-8-12(11-19-17(18)20)13-9-15(22-3)16(23-4)10-14(13)21-2/h9-10,12H,5-8,11H2,1-4H3,(H3,18,19,20). The molecule has 1 atom stereocenters. The number of nitrogens with two attached hydrogens (primary N) is 1. The zero-order chi connectivity index (χ0) is 17.2. The second-order valence-electron chi connectivity index (χ2n) is 5.39. The van der Waals surface area contributed by atoms with Crippen molar-refractivity contribution in [2.45, 2.75) is 38.5 Å². The lowest BCUT2D eigenvalue weighted by Crippen LogP contribution is -2.33. The first-order valence-corrected chi connectivity index (χ1v) is 7.90. The molecule has 1 unspecified atom stereocenters. The van der Waals surface area contributed by atoms with E-state index in [0.717, 1.165) is 37.0 Å². The van der Waals surface area contributed by atoms with Crippen LogP contribution in [0.5, 0.6) is 17.2 Å². The van der Waals surface area contributed by atoms with Crippen molar-refractivity contribution >= 4 is 6.03 Å². The van der Waals surface area contributed by atoms with Gasteiger partial charge in [0, 0.05) is 24.1 Å². The molecule has 6 nitrogen and oxygen atoms in total. The number of primary amides is 1. The van der Waals surface area contributed by atoms with E-state index < -0.39 is 6.03 Å². The fourth-order valence-electron chi connectivity index (χ4n) is 2.60. The van der Waals surface area contributed by atoms with Crippen LogP contribution in [0.15, 0.2) is 12.1 Å². The molecule has 0 saturated carbocycles. The van der Waals surface area contributed by atoms with Gasteiger partial charge in [0.15, 0.2) is 11.5 Å². The molecule has 0 fully saturated rings. The van der Waals surface area contributed by atoms with Gasteiger partial charge in [-0.15, -0.1) is 0 Å². The smallest absolute Gasteiger partial charge is 0.312 e. The zero-order valence-corrected chi connectivity index (χ0v) is 14.5. The average Bonchev–Trinajstić information content (AvgIpc) is 2.56. The summed E-state index contributed by atoms with van der Waals surface area (Å²) >= 11 is 0. The van der Waals surface area contributed by atoms with Gasteiger partial charge >= 0.3 is 6.03 Å². The van der Waals surface area contributed by atoms with E-state index in [9.17, 15) is 4.79 Å². The molecule has 1 aromatic carbocycles. The molecule has 0 heterocycles. The fourth-order valence-corrected chi connectivity index (χ4v) is 2.60. The molecule has 0 aliphatic rings. The lowest BCUT2D eigenvalue weighted by molar-refractivity contribution is 0.248. The summed E-state index contributed by atoms with van der Waals surface area (Å²) in [4.78, 5) is 11.1. The molecule has 3 N–H and O–H groups in total. The maximum Gasteiger partial charge on any atom is 0.312 e. The largest absolute Gasteiger partial charge is 0.496 e. The summed E-state index contributed by atoms with van der Waals surface area (Å²) in [5.74, 6) is 2.07. The van der Waals surface area contributed by atoms with Crippen molar-refractivity contribution in [3.63, 3.8) is 0 Å². The number of carbonyl (C=O) groups is 1. The molecule has 0 aliphatic carbocycles. The Morgan fingerprint density at radius 2 is 1.70 bits per heavy atom. The minimum absolute atomic E-state index is 0.101. The predicted octanol–water partition coefficient (Wildman–Crippen LogP) is 3.04. The van der Waals surface area contributed by atoms with Crippen LogP contribution in [0.25, 0.3) is 0 Å². The highest BCUT2D eigenvalue weighted by Gasteiger charge is 2.20. The summed E-state index contributed by atoms with van der Waals surface area (Å²) in [6.07, 6.45) is 4.28. The van der Waals surface area contributed by atoms with E-state index in [-0.39, 0.29) is 5.92 Å². The van der Waals surface area contributed by atoms with Crippen LogP contribution in [0, 0.1) is 0 Å². The van der Waals surface area contributed by atoms with Crippen LogP contribution < -0.4 is 25.3 Å². The third-order valence-corrected chi connectivity index (χ3v) is 3.85. The second kappa shape index (κ2) is 9.82. The molecule has 1 aromatic rings. The number of unbranched alkanes of at least 4 members (excludes halogenated alkanes) is 2. The lowest BCUT2D eigenvalue weighted by atomic mass is 9.91. The van der Waals surface area contributed by atoms with Crippen molar-refractivity contribution in [1.29, 1.82) is 0 Å². The van der Waals surface area contributed by atoms with Gasteiger partial charge in [-0.05, 0) is 12.5 Å². The molecule has 0 bridgehead atoms. The van der Waals surface area contributed by atoms with E-state index in [1.807, 2.05) is 12.1 Å². The van der Waals surface area contributed by atoms with Crippen molar-refractivity contribution < 1.29 is 19.0 Å². The van der Waals surface area contributed by atoms with E-state index in [2.05, 4.69) is 12.2 Å². The molecule has 0 aliphatic heterocycles. The lowest BCUT2D eigenvalue weighted by Gasteiger charge is -2.22. The summed E-state index contributed by atoms with van der Waals surface area (Å²) < 4.78 is 16.2. The Balaban J connectivity index is 3.12. The van der Waals surface area contributed by atoms with Gasteiger partial charge in [0.25, 0.3) is 0 Å². The Bertz CT molecular complexity index is 506. The van der Waals surface area contributed by atoms with Crippen LogP contribution >= 0.6 is 0 Å². The molecule has 0 saturated heterocycles. The number of methoxy groups -OCH3 is 3. The molecule has 6 heteroatoms. The Kier molecular flexibility index (Phi) is 8.08. The maximum atomic E-state index is 11.1. The van der Waals surface area contributed by atoms with Crippen molar-refractivity contribution in [3.8, 4) is 17.2 Å². The van der Waals surface area contributed by atoms with Crippen LogP contribution in [0.3, 0.4) is 0 Å². The van der Waals surface area contributed by atoms with E-state index >= 15 is 0 Å². The van der Waals surface area contributed by atoms with Gasteiger partial charge in [-0.3, -0.25) is 0 Å². The van der Waals surface area contributed by atoms with E-state index in [4.69, 9.17) is 19.9 Å². The zero-order valence-electron chi connectivity index (χ0n) is 14.5. The molecule has 130 valence electrons. The first-order chi connectivity index (χ1) is 11.1. The van der Waals surface area contributed by atoms with Crippen LogP contribution in [0.1, 0.15) is 44.1 Å². The van der Waals surface area contributed by atoms with Crippen LogP contribution in [-0.4, -0.2) is 33.9 Å². The molecule has 1 rings (SSSR count). The Morgan fingerprint density at radius 1 is 1.09 bits per heavy atom. The summed E-state index contributed by atoms with van der Waals surface area (Å²) in [5.41, 5.74) is 6.20. The number of ether oxygens (including phenoxy) is 3. The second-order valence-corrected chi connectivity index (χ2v) is 5.39. The van der Waals surface area contributed by atoms with Gasteiger partial charge in [0.2, 0.25) is 0 Å². The minimum Gasteiger partial charge on any atom is -0.496 e. The Hall–Kier alpha value is -2.11. The third-order valence-electron chi connectivity index (χ3n) is 3.85. The van der Waals surface area contributed by atoms with E-state index in [1.54, 1.807) is 21.3 Å². The summed E-state index contributed by atoms with van der Waals surface area (Å²) in [5, 5.41) is 2.70. The number of rotatable bonds is 10. The first kappa shape index (κ1) is 18.9. The molecular formula is C17H28N2O4. The number of hydrogen-bond acceptors (Lipinski definition) is 4. The highest BCUT2D eigenvalue weighted by molar-refractivity contribution is 5.71. The van der Waals surface area contributed by atoms with Gasteiger partial charge in [-0.25, -0.2) is 4.79 Å². The van der Waals surface area contributed by atoms with Crippen LogP contribution in [-0.2, 0) is 0 Å². The Labute approximate surface area is 138 Å². The highest BCUT2D eigenvalue weighted by atomic mass is 16.5. The van der Waals surface area contributed by atoms with Gasteiger partial charge < -0.3 is 25.3 Å². The van der Waals surface area contributed by atoms with Gasteiger partial charge in [-0.2, -0.15) is 0 Å². The predicted molar refractivity (Wildman–Crippen MR) is 90.6 cm³/mol. The SMILES string of the molecule is CCCCCC(CNC(N)=O)c1cc(OC)c(OC)cc1OC. The molecule has 0 aromatic heterocycles. The molecular weight excluding hydrogens is 296 g/mol. The number of benzene rings is 1. The monoisotopic (exact) mass is 324 g/mol. The summed E-state index contributed by atoms with van der Waals surface area (Å²) in [6.45, 7) is 2.62. The normalized spacial score (nSPS) is 11.7. The first-order valence-electron chi connectivity index (χ1n) is 7.90. The third kappa shape index (κ3) is 5.54. The molecule has 0 spiro atoms. The quantitative estimate of drug-likeness (QED) is 0.648. The number of urea groups is 1. The van der Waals surface area contributed by atoms with Gasteiger partial charge in [-0.1, -0.05) is 26.2 Å². The van der Waals surface area contributed by atoms with E-state index in [0.29, 0.717) is 18.0 Å². The fraction of sp³-hybridized carbons (Fsp3) is 0.588. The van der Waals surface area contributed by atoms with Crippen LogP contribution in [0.4, 0.5) is 4.79 Å². The maximum absolute atomic E-state index is 11.1. The highest BCUT2D eigenvalue weighted by Crippen LogP contribution is 2.39. The van der Waals surface area contributed by atoms with Crippen molar-refractivity contribution in [2.75, 3.05) is 27.9 Å². The van der Waals surface area contributed by atoms with Crippen molar-refractivity contribution in [1.82, 2.24) is 5.32 Å².